The van der Waals surface area contributed by atoms with Crippen molar-refractivity contribution in [3.63, 3.8) is 0 Å². The van der Waals surface area contributed by atoms with Crippen molar-refractivity contribution in [3.8, 4) is 0 Å². The van der Waals surface area contributed by atoms with Gasteiger partial charge in [-0.05, 0) is 17.8 Å². The molecule has 7 heteroatoms. The molecule has 1 aliphatic rings. The van der Waals surface area contributed by atoms with Crippen LogP contribution in [0.4, 0.5) is 5.82 Å². The van der Waals surface area contributed by atoms with Gasteiger partial charge in [0.15, 0.2) is 0 Å². The minimum atomic E-state index is -0.504. The smallest absolute Gasteiger partial charge is 0.389 e. The fourth-order valence-electron chi connectivity index (χ4n) is 2.45. The van der Waals surface area contributed by atoms with E-state index in [2.05, 4.69) is 10.4 Å². The number of nitrogens with one attached hydrogen (secondary N) is 1. The third-order valence-electron chi connectivity index (χ3n) is 3.52. The lowest BCUT2D eigenvalue weighted by molar-refractivity contribution is -0.389. The fourth-order valence-corrected chi connectivity index (χ4v) is 2.45. The van der Waals surface area contributed by atoms with Gasteiger partial charge in [-0.25, -0.2) is 0 Å². The fraction of sp³-hybridized carbons (Fsp3) is 0.727. The largest absolute Gasteiger partial charge is 0.394 e. The highest BCUT2D eigenvalue weighted by Gasteiger charge is 2.32. The van der Waals surface area contributed by atoms with E-state index in [9.17, 15) is 15.2 Å². The van der Waals surface area contributed by atoms with Crippen LogP contribution in [0.25, 0.3) is 0 Å². The summed E-state index contributed by atoms with van der Waals surface area (Å²) in [6.07, 6.45) is 5.85. The molecule has 0 saturated heterocycles. The number of nitro groups is 1. The molecule has 0 radical (unpaired) electrons. The number of aliphatic hydroxyl groups is 1. The van der Waals surface area contributed by atoms with Gasteiger partial charge in [-0.1, -0.05) is 12.8 Å². The molecular weight excluding hydrogens is 236 g/mol. The molecule has 0 aromatic carbocycles. The van der Waals surface area contributed by atoms with Gasteiger partial charge in [0.25, 0.3) is 0 Å². The monoisotopic (exact) mass is 254 g/mol. The maximum atomic E-state index is 10.5. The summed E-state index contributed by atoms with van der Waals surface area (Å²) in [4.78, 5) is 9.97. The minimum absolute atomic E-state index is 0.132. The van der Waals surface area contributed by atoms with Gasteiger partial charge in [0.05, 0.1) is 30.5 Å². The van der Waals surface area contributed by atoms with Crippen LogP contribution in [0.2, 0.25) is 0 Å². The van der Waals surface area contributed by atoms with Crippen molar-refractivity contribution in [3.05, 3.63) is 22.4 Å². The third-order valence-corrected chi connectivity index (χ3v) is 3.52. The number of hydrogen-bond acceptors (Lipinski definition) is 5. The van der Waals surface area contributed by atoms with Gasteiger partial charge in [0, 0.05) is 12.1 Å². The van der Waals surface area contributed by atoms with E-state index in [0.29, 0.717) is 13.1 Å². The van der Waals surface area contributed by atoms with Gasteiger partial charge < -0.3 is 20.5 Å². The Hall–Kier alpha value is -1.47. The van der Waals surface area contributed by atoms with Crippen molar-refractivity contribution < 1.29 is 10.0 Å². The average Bonchev–Trinajstić information content (AvgIpc) is 2.98. The Kier molecular flexibility index (Phi) is 3.93. The average molecular weight is 254 g/mol. The van der Waals surface area contributed by atoms with Gasteiger partial charge in [-0.2, -0.15) is 4.68 Å². The van der Waals surface area contributed by atoms with Crippen LogP contribution in [0.1, 0.15) is 25.7 Å². The second-order valence-corrected chi connectivity index (χ2v) is 4.77. The summed E-state index contributed by atoms with van der Waals surface area (Å²) in [5.74, 6) is -0.132. The normalized spacial score (nSPS) is 18.1. The van der Waals surface area contributed by atoms with Crippen LogP contribution in [-0.2, 0) is 6.54 Å². The minimum Gasteiger partial charge on any atom is -0.394 e. The van der Waals surface area contributed by atoms with Crippen molar-refractivity contribution in [1.82, 2.24) is 15.1 Å². The van der Waals surface area contributed by atoms with Gasteiger partial charge in [0.2, 0.25) is 0 Å². The molecule has 0 bridgehead atoms. The quantitative estimate of drug-likeness (QED) is 0.575. The maximum absolute atomic E-state index is 10.5. The highest BCUT2D eigenvalue weighted by atomic mass is 16.6. The van der Waals surface area contributed by atoms with Crippen LogP contribution in [0.15, 0.2) is 12.3 Å². The second kappa shape index (κ2) is 5.45. The number of hydrogen-bond donors (Lipinski definition) is 2. The van der Waals surface area contributed by atoms with Crippen molar-refractivity contribution in [2.75, 3.05) is 13.2 Å². The molecule has 2 rings (SSSR count). The second-order valence-electron chi connectivity index (χ2n) is 4.77. The Morgan fingerprint density at radius 1 is 1.56 bits per heavy atom. The summed E-state index contributed by atoms with van der Waals surface area (Å²) in [6, 6.07) is 1.39. The summed E-state index contributed by atoms with van der Waals surface area (Å²) in [6.45, 7) is 1.36. The lowest BCUT2D eigenvalue weighted by Crippen LogP contribution is -2.47. The predicted molar refractivity (Wildman–Crippen MR) is 65.2 cm³/mol. The van der Waals surface area contributed by atoms with E-state index in [1.165, 1.54) is 6.07 Å². The van der Waals surface area contributed by atoms with Gasteiger partial charge in [-0.15, -0.1) is 0 Å². The Labute approximate surface area is 105 Å². The molecule has 18 heavy (non-hydrogen) atoms. The highest BCUT2D eigenvalue weighted by molar-refractivity contribution is 5.13. The van der Waals surface area contributed by atoms with Crippen LogP contribution in [0.5, 0.6) is 0 Å². The predicted octanol–water partition coefficient (Wildman–Crippen LogP) is 0.686. The molecule has 1 heterocycles. The first-order chi connectivity index (χ1) is 8.65. The molecular formula is C11H18N4O3. The first kappa shape index (κ1) is 13.0. The molecule has 1 aliphatic carbocycles. The summed E-state index contributed by atoms with van der Waals surface area (Å²) >= 11 is 0. The SMILES string of the molecule is O=[N+]([O-])c1ccn(CCNC2(CO)CCCC2)n1. The third kappa shape index (κ3) is 2.85. The van der Waals surface area contributed by atoms with E-state index >= 15 is 0 Å². The molecule has 0 spiro atoms. The van der Waals surface area contributed by atoms with Gasteiger partial charge >= 0.3 is 5.82 Å². The van der Waals surface area contributed by atoms with Crippen molar-refractivity contribution in [2.45, 2.75) is 37.8 Å². The molecule has 0 aliphatic heterocycles. The van der Waals surface area contributed by atoms with Crippen molar-refractivity contribution in [1.29, 1.82) is 0 Å². The summed E-state index contributed by atoms with van der Waals surface area (Å²) in [5.41, 5.74) is -0.154. The van der Waals surface area contributed by atoms with Crippen LogP contribution < -0.4 is 5.32 Å². The molecule has 1 saturated carbocycles. The number of nitrogens with zero attached hydrogens (tertiary/aromatic N) is 3. The lowest BCUT2D eigenvalue weighted by Gasteiger charge is -2.27. The summed E-state index contributed by atoms with van der Waals surface area (Å²) in [5, 5.41) is 27.1. The summed E-state index contributed by atoms with van der Waals surface area (Å²) < 4.78 is 1.55. The molecule has 1 fully saturated rings. The first-order valence-electron chi connectivity index (χ1n) is 6.19. The first-order valence-corrected chi connectivity index (χ1v) is 6.19. The maximum Gasteiger partial charge on any atom is 0.389 e. The highest BCUT2D eigenvalue weighted by Crippen LogP contribution is 2.28. The Morgan fingerprint density at radius 3 is 2.83 bits per heavy atom. The zero-order chi connectivity index (χ0) is 13.0. The molecule has 1 aromatic heterocycles. The van der Waals surface area contributed by atoms with E-state index in [1.807, 2.05) is 0 Å². The van der Waals surface area contributed by atoms with Gasteiger partial charge in [-0.3, -0.25) is 0 Å². The molecule has 0 amide bonds. The lowest BCUT2D eigenvalue weighted by atomic mass is 9.99. The van der Waals surface area contributed by atoms with E-state index in [4.69, 9.17) is 0 Å². The van der Waals surface area contributed by atoms with Crippen LogP contribution >= 0.6 is 0 Å². The summed E-state index contributed by atoms with van der Waals surface area (Å²) in [7, 11) is 0. The molecule has 2 N–H and O–H groups in total. The molecule has 0 atom stereocenters. The van der Waals surface area contributed by atoms with Crippen molar-refractivity contribution in [2.24, 2.45) is 0 Å². The molecule has 0 unspecified atom stereocenters. The topological polar surface area (TPSA) is 93.2 Å². The van der Waals surface area contributed by atoms with E-state index in [-0.39, 0.29) is 18.0 Å². The van der Waals surface area contributed by atoms with E-state index in [0.717, 1.165) is 25.7 Å². The Morgan fingerprint density at radius 2 is 2.28 bits per heavy atom. The molecule has 100 valence electrons. The van der Waals surface area contributed by atoms with Crippen LogP contribution in [-0.4, -0.2) is 38.5 Å². The molecule has 1 aromatic rings. The molecule has 7 nitrogen and oxygen atoms in total. The Bertz CT molecular complexity index is 412. The zero-order valence-electron chi connectivity index (χ0n) is 10.2. The zero-order valence-corrected chi connectivity index (χ0v) is 10.2. The standard InChI is InChI=1S/C11H18N4O3/c16-9-11(4-1-2-5-11)12-6-8-14-7-3-10(13-14)15(17)18/h3,7,12,16H,1-2,4-6,8-9H2. The van der Waals surface area contributed by atoms with Gasteiger partial charge in [0.1, 0.15) is 0 Å². The van der Waals surface area contributed by atoms with E-state index in [1.54, 1.807) is 10.9 Å². The van der Waals surface area contributed by atoms with Crippen molar-refractivity contribution >= 4 is 5.82 Å². The number of aromatic nitrogens is 2. The van der Waals surface area contributed by atoms with E-state index < -0.39 is 4.92 Å². The number of rotatable bonds is 6. The van der Waals surface area contributed by atoms with Crippen LogP contribution in [0, 0.1) is 10.1 Å². The van der Waals surface area contributed by atoms with Crippen LogP contribution in [0.3, 0.4) is 0 Å². The number of aliphatic hydroxyl groups excluding tert-OH is 1. The Balaban J connectivity index is 1.82.